The molecule has 0 heterocycles. The first-order chi connectivity index (χ1) is 19.0. The maximum absolute atomic E-state index is 14.0. The Morgan fingerprint density at radius 3 is 2.23 bits per heavy atom. The number of anilines is 1. The molecule has 0 aliphatic rings. The monoisotopic (exact) mass is 585 g/mol. The highest BCUT2D eigenvalue weighted by molar-refractivity contribution is 7.92. The number of rotatable bonds is 12. The summed E-state index contributed by atoms with van der Waals surface area (Å²) in [7, 11) is -2.69. The van der Waals surface area contributed by atoms with Crippen molar-refractivity contribution in [1.82, 2.24) is 10.2 Å². The van der Waals surface area contributed by atoms with Crippen LogP contribution in [0.5, 0.6) is 5.75 Å². The summed E-state index contributed by atoms with van der Waals surface area (Å²) in [6, 6.07) is 18.8. The minimum absolute atomic E-state index is 0.0103. The maximum Gasteiger partial charge on any atom is 0.264 e. The van der Waals surface area contributed by atoms with Crippen LogP contribution in [0.2, 0.25) is 5.02 Å². The van der Waals surface area contributed by atoms with Crippen molar-refractivity contribution in [3.8, 4) is 5.75 Å². The lowest BCUT2D eigenvalue weighted by atomic mass is 10.1. The fourth-order valence-electron chi connectivity index (χ4n) is 4.07. The highest BCUT2D eigenvalue weighted by atomic mass is 35.5. The maximum atomic E-state index is 14.0. The van der Waals surface area contributed by atoms with Gasteiger partial charge < -0.3 is 15.0 Å². The quantitative estimate of drug-likeness (QED) is 0.316. The number of carbonyl (C=O) groups excluding carboxylic acids is 2. The van der Waals surface area contributed by atoms with Gasteiger partial charge in [0.15, 0.2) is 0 Å². The highest BCUT2D eigenvalue weighted by Gasteiger charge is 2.32. The molecule has 2 atom stereocenters. The van der Waals surface area contributed by atoms with Gasteiger partial charge in [0.25, 0.3) is 10.0 Å². The smallest absolute Gasteiger partial charge is 0.264 e. The average Bonchev–Trinajstić information content (AvgIpc) is 2.94. The summed E-state index contributed by atoms with van der Waals surface area (Å²) in [6.07, 6.45) is 0.731. The zero-order valence-electron chi connectivity index (χ0n) is 23.4. The number of hydrogen-bond donors (Lipinski definition) is 1. The fourth-order valence-corrected chi connectivity index (χ4v) is 5.61. The SMILES string of the molecule is CC[C@H](C)NC(=O)[C@@H](C)N(Cc1cccc(C)c1)C(=O)CN(c1ccc(Cl)cc1)S(=O)(=O)c1ccc(OC)cc1. The summed E-state index contributed by atoms with van der Waals surface area (Å²) in [4.78, 5) is 28.5. The molecule has 2 amide bonds. The fraction of sp³-hybridized carbons (Fsp3) is 0.333. The van der Waals surface area contributed by atoms with Crippen LogP contribution in [0.4, 0.5) is 5.69 Å². The van der Waals surface area contributed by atoms with Crippen LogP contribution in [0, 0.1) is 6.92 Å². The van der Waals surface area contributed by atoms with E-state index < -0.39 is 28.5 Å². The summed E-state index contributed by atoms with van der Waals surface area (Å²) in [6.45, 7) is 7.05. The topological polar surface area (TPSA) is 96.0 Å². The number of carbonyl (C=O) groups is 2. The zero-order chi connectivity index (χ0) is 29.4. The highest BCUT2D eigenvalue weighted by Crippen LogP contribution is 2.27. The van der Waals surface area contributed by atoms with Crippen LogP contribution in [-0.2, 0) is 26.2 Å². The minimum Gasteiger partial charge on any atom is -0.497 e. The Hall–Kier alpha value is -3.56. The van der Waals surface area contributed by atoms with Gasteiger partial charge in [0, 0.05) is 17.6 Å². The van der Waals surface area contributed by atoms with Crippen molar-refractivity contribution >= 4 is 39.1 Å². The number of aryl methyl sites for hydroxylation is 1. The Morgan fingerprint density at radius 2 is 1.65 bits per heavy atom. The van der Waals surface area contributed by atoms with Gasteiger partial charge in [0.1, 0.15) is 18.3 Å². The second-order valence-corrected chi connectivity index (χ2v) is 12.0. The molecule has 0 fully saturated rings. The molecule has 0 aliphatic heterocycles. The molecule has 3 aromatic carbocycles. The molecule has 10 heteroatoms. The van der Waals surface area contributed by atoms with Crippen LogP contribution in [0.25, 0.3) is 0 Å². The van der Waals surface area contributed by atoms with E-state index in [0.29, 0.717) is 10.8 Å². The predicted molar refractivity (Wildman–Crippen MR) is 158 cm³/mol. The lowest BCUT2D eigenvalue weighted by molar-refractivity contribution is -0.139. The van der Waals surface area contributed by atoms with E-state index in [9.17, 15) is 18.0 Å². The van der Waals surface area contributed by atoms with Gasteiger partial charge in [-0.15, -0.1) is 0 Å². The largest absolute Gasteiger partial charge is 0.497 e. The molecule has 0 unspecified atom stereocenters. The molecule has 0 aliphatic carbocycles. The number of hydrogen-bond acceptors (Lipinski definition) is 5. The van der Waals surface area contributed by atoms with Gasteiger partial charge in [-0.25, -0.2) is 8.42 Å². The van der Waals surface area contributed by atoms with E-state index in [-0.39, 0.29) is 29.1 Å². The first-order valence-corrected chi connectivity index (χ1v) is 14.9. The van der Waals surface area contributed by atoms with Crippen LogP contribution in [0.15, 0.2) is 77.7 Å². The van der Waals surface area contributed by atoms with Gasteiger partial charge in [0.2, 0.25) is 11.8 Å². The number of benzene rings is 3. The van der Waals surface area contributed by atoms with Crippen LogP contribution in [0.1, 0.15) is 38.3 Å². The van der Waals surface area contributed by atoms with E-state index in [2.05, 4.69) is 5.32 Å². The van der Waals surface area contributed by atoms with Gasteiger partial charge >= 0.3 is 0 Å². The van der Waals surface area contributed by atoms with Crippen LogP contribution in [-0.4, -0.2) is 50.9 Å². The van der Waals surface area contributed by atoms with Gasteiger partial charge in [-0.05, 0) is 81.3 Å². The van der Waals surface area contributed by atoms with Crippen molar-refractivity contribution in [1.29, 1.82) is 0 Å². The van der Waals surface area contributed by atoms with Gasteiger partial charge in [-0.3, -0.25) is 13.9 Å². The first kappa shape index (κ1) is 31.0. The third kappa shape index (κ3) is 7.76. The van der Waals surface area contributed by atoms with E-state index >= 15 is 0 Å². The molecule has 3 rings (SSSR count). The van der Waals surface area contributed by atoms with Crippen molar-refractivity contribution in [3.05, 3.63) is 88.9 Å². The van der Waals surface area contributed by atoms with E-state index in [4.69, 9.17) is 16.3 Å². The predicted octanol–water partition coefficient (Wildman–Crippen LogP) is 5.18. The molecule has 1 N–H and O–H groups in total. The summed E-state index contributed by atoms with van der Waals surface area (Å²) in [5.74, 6) is -0.342. The average molecular weight is 586 g/mol. The number of sulfonamides is 1. The molecule has 0 bridgehead atoms. The Kier molecular flexibility index (Phi) is 10.6. The van der Waals surface area contributed by atoms with Gasteiger partial charge in [-0.2, -0.15) is 0 Å². The van der Waals surface area contributed by atoms with Crippen molar-refractivity contribution in [3.63, 3.8) is 0 Å². The van der Waals surface area contributed by atoms with Crippen molar-refractivity contribution in [2.45, 2.75) is 57.6 Å². The minimum atomic E-state index is -4.18. The van der Waals surface area contributed by atoms with Crippen molar-refractivity contribution in [2.75, 3.05) is 18.0 Å². The molecular weight excluding hydrogens is 550 g/mol. The number of ether oxygens (including phenoxy) is 1. The summed E-state index contributed by atoms with van der Waals surface area (Å²) in [5, 5.41) is 3.35. The number of amides is 2. The molecule has 214 valence electrons. The molecule has 40 heavy (non-hydrogen) atoms. The molecule has 0 aromatic heterocycles. The number of methoxy groups -OCH3 is 1. The molecule has 8 nitrogen and oxygen atoms in total. The molecule has 0 saturated heterocycles. The lowest BCUT2D eigenvalue weighted by Gasteiger charge is -2.32. The summed E-state index contributed by atoms with van der Waals surface area (Å²) < 4.78 is 33.9. The Bertz CT molecular complexity index is 1410. The van der Waals surface area contributed by atoms with E-state index in [1.165, 1.54) is 24.1 Å². The first-order valence-electron chi connectivity index (χ1n) is 13.0. The van der Waals surface area contributed by atoms with Crippen LogP contribution in [0.3, 0.4) is 0 Å². The molecular formula is C30H36ClN3O5S. The normalized spacial score (nSPS) is 12.8. The van der Waals surface area contributed by atoms with Gasteiger partial charge in [-0.1, -0.05) is 48.4 Å². The van der Waals surface area contributed by atoms with Gasteiger partial charge in [0.05, 0.1) is 17.7 Å². The Morgan fingerprint density at radius 1 is 1.00 bits per heavy atom. The number of nitrogens with zero attached hydrogens (tertiary/aromatic N) is 2. The Labute approximate surface area is 241 Å². The molecule has 0 radical (unpaired) electrons. The molecule has 3 aromatic rings. The molecule has 0 saturated carbocycles. The number of halogens is 1. The Balaban J connectivity index is 2.02. The molecule has 0 spiro atoms. The van der Waals surface area contributed by atoms with Crippen molar-refractivity contribution in [2.24, 2.45) is 0 Å². The van der Waals surface area contributed by atoms with Crippen molar-refractivity contribution < 1.29 is 22.7 Å². The second-order valence-electron chi connectivity index (χ2n) is 9.67. The summed E-state index contributed by atoms with van der Waals surface area (Å²) in [5.41, 5.74) is 2.10. The standard InChI is InChI=1S/C30H36ClN3O5S/c1-6-22(3)32-30(36)23(4)33(19-24-9-7-8-21(2)18-24)29(35)20-34(26-12-10-25(31)11-13-26)40(37,38)28-16-14-27(39-5)15-17-28/h7-18,22-23H,6,19-20H2,1-5H3,(H,32,36)/t22-,23+/m0/s1. The van der Waals surface area contributed by atoms with Crippen LogP contribution < -0.4 is 14.4 Å². The zero-order valence-corrected chi connectivity index (χ0v) is 25.0. The third-order valence-electron chi connectivity index (χ3n) is 6.64. The second kappa shape index (κ2) is 13.7. The van der Waals surface area contributed by atoms with E-state index in [1.54, 1.807) is 43.3 Å². The van der Waals surface area contributed by atoms with E-state index in [0.717, 1.165) is 21.9 Å². The lowest BCUT2D eigenvalue weighted by Crippen LogP contribution is -2.52. The summed E-state index contributed by atoms with van der Waals surface area (Å²) >= 11 is 6.07. The third-order valence-corrected chi connectivity index (χ3v) is 8.68. The van der Waals surface area contributed by atoms with E-state index in [1.807, 2.05) is 45.0 Å². The number of nitrogens with one attached hydrogen (secondary N) is 1. The van der Waals surface area contributed by atoms with Crippen LogP contribution >= 0.6 is 11.6 Å².